The summed E-state index contributed by atoms with van der Waals surface area (Å²) >= 11 is 0. The van der Waals surface area contributed by atoms with Crippen LogP contribution in [0, 0.1) is 11.8 Å². The maximum atomic E-state index is 12.5. The molecule has 2 aromatic rings. The number of hydrogen-bond acceptors (Lipinski definition) is 4. The molecule has 2 atom stereocenters. The van der Waals surface area contributed by atoms with Crippen LogP contribution in [0.15, 0.2) is 30.5 Å². The lowest BCUT2D eigenvalue weighted by Crippen LogP contribution is -2.50. The topological polar surface area (TPSA) is 137 Å². The van der Waals surface area contributed by atoms with Gasteiger partial charge in [-0.05, 0) is 24.0 Å². The van der Waals surface area contributed by atoms with Crippen LogP contribution in [0.1, 0.15) is 25.8 Å². The first-order chi connectivity index (χ1) is 12.3. The highest BCUT2D eigenvalue weighted by Gasteiger charge is 2.30. The van der Waals surface area contributed by atoms with Gasteiger partial charge < -0.3 is 16.0 Å². The molecular weight excluding hydrogens is 336 g/mol. The number of benzene rings is 1. The number of hydroxylamine groups is 1. The van der Waals surface area contributed by atoms with Gasteiger partial charge in [0.2, 0.25) is 11.8 Å². The number of carbonyl (C=O) groups excluding carboxylic acids is 3. The lowest BCUT2D eigenvalue weighted by molar-refractivity contribution is -0.142. The molecule has 0 spiro atoms. The van der Waals surface area contributed by atoms with Crippen molar-refractivity contribution in [1.82, 2.24) is 15.8 Å². The monoisotopic (exact) mass is 360 g/mol. The van der Waals surface area contributed by atoms with Gasteiger partial charge in [0.15, 0.2) is 0 Å². The molecule has 0 bridgehead atoms. The third-order valence-electron chi connectivity index (χ3n) is 4.21. The van der Waals surface area contributed by atoms with Crippen LogP contribution in [0.4, 0.5) is 0 Å². The van der Waals surface area contributed by atoms with Crippen LogP contribution < -0.4 is 16.5 Å². The predicted molar refractivity (Wildman–Crippen MR) is 96.0 cm³/mol. The van der Waals surface area contributed by atoms with E-state index in [1.165, 1.54) is 5.48 Å². The molecule has 0 aliphatic heterocycles. The third-order valence-corrected chi connectivity index (χ3v) is 4.21. The molecule has 1 unspecified atom stereocenters. The maximum absolute atomic E-state index is 12.5. The van der Waals surface area contributed by atoms with E-state index in [1.54, 1.807) is 6.20 Å². The molecule has 6 N–H and O–H groups in total. The molecule has 0 saturated heterocycles. The van der Waals surface area contributed by atoms with E-state index >= 15 is 0 Å². The van der Waals surface area contributed by atoms with Crippen LogP contribution in [0.2, 0.25) is 0 Å². The lowest BCUT2D eigenvalue weighted by Gasteiger charge is -2.20. The molecule has 1 heterocycles. The van der Waals surface area contributed by atoms with Crippen molar-refractivity contribution in [3.05, 3.63) is 36.0 Å². The Morgan fingerprint density at radius 1 is 1.19 bits per heavy atom. The fourth-order valence-corrected chi connectivity index (χ4v) is 2.90. The maximum Gasteiger partial charge on any atom is 0.255 e. The predicted octanol–water partition coefficient (Wildman–Crippen LogP) is 0.848. The van der Waals surface area contributed by atoms with Crippen LogP contribution in [0.5, 0.6) is 0 Å². The molecule has 0 aliphatic carbocycles. The van der Waals surface area contributed by atoms with Gasteiger partial charge in [-0.25, -0.2) is 5.48 Å². The summed E-state index contributed by atoms with van der Waals surface area (Å²) in [5.74, 6) is -3.22. The summed E-state index contributed by atoms with van der Waals surface area (Å²) in [5.41, 5.74) is 8.69. The molecule has 0 saturated carbocycles. The number of rotatable bonds is 8. The highest BCUT2D eigenvalue weighted by atomic mass is 16.5. The first-order valence-corrected chi connectivity index (χ1v) is 8.42. The fourth-order valence-electron chi connectivity index (χ4n) is 2.90. The summed E-state index contributed by atoms with van der Waals surface area (Å²) in [6, 6.07) is 6.60. The van der Waals surface area contributed by atoms with Gasteiger partial charge in [-0.15, -0.1) is 0 Å². The minimum Gasteiger partial charge on any atom is -0.368 e. The minimum atomic E-state index is -1.11. The normalized spacial score (nSPS) is 13.4. The highest BCUT2D eigenvalue weighted by molar-refractivity contribution is 6.01. The van der Waals surface area contributed by atoms with Gasteiger partial charge in [0.05, 0.1) is 0 Å². The molecule has 0 aliphatic rings. The molecule has 2 rings (SSSR count). The second-order valence-electron chi connectivity index (χ2n) is 6.69. The van der Waals surface area contributed by atoms with Crippen LogP contribution in [-0.4, -0.2) is 34.0 Å². The largest absolute Gasteiger partial charge is 0.368 e. The minimum absolute atomic E-state index is 0.0451. The smallest absolute Gasteiger partial charge is 0.255 e. The number of H-pyrrole nitrogens is 1. The van der Waals surface area contributed by atoms with E-state index in [0.29, 0.717) is 0 Å². The number of primary amides is 1. The molecule has 8 nitrogen and oxygen atoms in total. The van der Waals surface area contributed by atoms with Crippen LogP contribution in [-0.2, 0) is 20.8 Å². The third kappa shape index (κ3) is 4.60. The zero-order valence-corrected chi connectivity index (χ0v) is 14.8. The second kappa shape index (κ2) is 8.48. The molecule has 1 aromatic heterocycles. The van der Waals surface area contributed by atoms with E-state index in [1.807, 2.05) is 38.1 Å². The first kappa shape index (κ1) is 19.5. The molecule has 1 aromatic carbocycles. The van der Waals surface area contributed by atoms with Gasteiger partial charge in [-0.2, -0.15) is 0 Å². The molecule has 0 fully saturated rings. The molecule has 26 heavy (non-hydrogen) atoms. The molecule has 3 amide bonds. The number of para-hydroxylation sites is 1. The van der Waals surface area contributed by atoms with E-state index in [-0.39, 0.29) is 18.8 Å². The van der Waals surface area contributed by atoms with Crippen molar-refractivity contribution in [1.29, 1.82) is 0 Å². The van der Waals surface area contributed by atoms with E-state index in [0.717, 1.165) is 16.5 Å². The summed E-state index contributed by atoms with van der Waals surface area (Å²) in [7, 11) is 0. The van der Waals surface area contributed by atoms with Crippen LogP contribution >= 0.6 is 0 Å². The van der Waals surface area contributed by atoms with Crippen molar-refractivity contribution in [2.75, 3.05) is 0 Å². The second-order valence-corrected chi connectivity index (χ2v) is 6.69. The number of hydrogen-bond donors (Lipinski definition) is 5. The average Bonchev–Trinajstić information content (AvgIpc) is 3.01. The van der Waals surface area contributed by atoms with E-state index in [2.05, 4.69) is 10.3 Å². The standard InChI is InChI=1S/C18H24N4O4/c1-10(2)7-13(18(25)22-26)17(24)21-15(16(19)23)8-11-9-20-14-6-4-3-5-12(11)14/h3-6,9-10,13,15,20,26H,7-8H2,1-2H3,(H2,19,23)(H,21,24)(H,22,25)/t13?,15-/m0/s1. The number of nitrogens with one attached hydrogen (secondary N) is 3. The van der Waals surface area contributed by atoms with E-state index in [9.17, 15) is 14.4 Å². The Morgan fingerprint density at radius 2 is 1.88 bits per heavy atom. The number of amides is 3. The zero-order chi connectivity index (χ0) is 19.3. The van der Waals surface area contributed by atoms with Crippen molar-refractivity contribution in [3.63, 3.8) is 0 Å². The Kier molecular flexibility index (Phi) is 6.35. The summed E-state index contributed by atoms with van der Waals surface area (Å²) in [6.45, 7) is 3.70. The van der Waals surface area contributed by atoms with Crippen molar-refractivity contribution >= 4 is 28.6 Å². The van der Waals surface area contributed by atoms with Crippen molar-refractivity contribution in [2.24, 2.45) is 17.6 Å². The average molecular weight is 360 g/mol. The fraction of sp³-hybridized carbons (Fsp3) is 0.389. The number of carbonyl (C=O) groups is 3. The number of aromatic amines is 1. The van der Waals surface area contributed by atoms with Gasteiger partial charge in [0.25, 0.3) is 5.91 Å². The Hall–Kier alpha value is -2.87. The Balaban J connectivity index is 2.17. The Morgan fingerprint density at radius 3 is 2.50 bits per heavy atom. The number of fused-ring (bicyclic) bond motifs is 1. The van der Waals surface area contributed by atoms with Gasteiger partial charge in [0, 0.05) is 23.5 Å². The molecule has 0 radical (unpaired) electrons. The lowest BCUT2D eigenvalue weighted by atomic mass is 9.94. The Labute approximate surface area is 151 Å². The van der Waals surface area contributed by atoms with Crippen molar-refractivity contribution in [3.8, 4) is 0 Å². The SMILES string of the molecule is CC(C)CC(C(=O)NO)C(=O)N[C@@H](Cc1c[nH]c2ccccc12)C(N)=O. The molecule has 8 heteroatoms. The zero-order valence-electron chi connectivity index (χ0n) is 14.8. The number of aromatic nitrogens is 1. The van der Waals surface area contributed by atoms with E-state index < -0.39 is 29.7 Å². The van der Waals surface area contributed by atoms with Crippen LogP contribution in [0.25, 0.3) is 10.9 Å². The molecular formula is C18H24N4O4. The summed E-state index contributed by atoms with van der Waals surface area (Å²) in [5, 5.41) is 12.3. The highest BCUT2D eigenvalue weighted by Crippen LogP contribution is 2.19. The van der Waals surface area contributed by atoms with Gasteiger partial charge in [0.1, 0.15) is 12.0 Å². The Bertz CT molecular complexity index is 799. The summed E-state index contributed by atoms with van der Waals surface area (Å²) < 4.78 is 0. The van der Waals surface area contributed by atoms with E-state index in [4.69, 9.17) is 10.9 Å². The van der Waals surface area contributed by atoms with Gasteiger partial charge in [-0.1, -0.05) is 32.0 Å². The van der Waals surface area contributed by atoms with Crippen LogP contribution in [0.3, 0.4) is 0 Å². The summed E-state index contributed by atoms with van der Waals surface area (Å²) in [6.07, 6.45) is 2.19. The first-order valence-electron chi connectivity index (χ1n) is 8.42. The van der Waals surface area contributed by atoms with Gasteiger partial charge in [-0.3, -0.25) is 19.6 Å². The quantitative estimate of drug-likeness (QED) is 0.271. The molecule has 140 valence electrons. The van der Waals surface area contributed by atoms with Crippen molar-refractivity contribution in [2.45, 2.75) is 32.7 Å². The summed E-state index contributed by atoms with van der Waals surface area (Å²) in [4.78, 5) is 39.2. The van der Waals surface area contributed by atoms with Gasteiger partial charge >= 0.3 is 0 Å². The number of nitrogens with two attached hydrogens (primary N) is 1. The van der Waals surface area contributed by atoms with Crippen molar-refractivity contribution < 1.29 is 19.6 Å².